The Morgan fingerprint density at radius 1 is 1.21 bits per heavy atom. The third-order valence-electron chi connectivity index (χ3n) is 7.93. The molecule has 2 bridgehead atoms. The molecule has 4 nitrogen and oxygen atoms in total. The fourth-order valence-electron chi connectivity index (χ4n) is 6.70. The Labute approximate surface area is 170 Å². The summed E-state index contributed by atoms with van der Waals surface area (Å²) in [4.78, 5) is 0. The predicted molar refractivity (Wildman–Crippen MR) is 113 cm³/mol. The molecule has 1 aromatic carbocycles. The Bertz CT molecular complexity index is 704. The van der Waals surface area contributed by atoms with Crippen LogP contribution in [-0.4, -0.2) is 29.4 Å². The molecule has 1 aromatic rings. The molecule has 4 N–H and O–H groups in total. The summed E-state index contributed by atoms with van der Waals surface area (Å²) in [6, 6.07) is 6.15. The number of fused-ring (bicyclic) bond motifs is 3. The topological polar surface area (TPSA) is 67.5 Å². The van der Waals surface area contributed by atoms with Gasteiger partial charge < -0.3 is 20.9 Å². The van der Waals surface area contributed by atoms with Crippen molar-refractivity contribution in [2.24, 2.45) is 23.5 Å². The van der Waals surface area contributed by atoms with Gasteiger partial charge in [-0.15, -0.1) is 0 Å². The summed E-state index contributed by atoms with van der Waals surface area (Å²) in [5.41, 5.74) is 9.12. The molecule has 5 rings (SSSR count). The van der Waals surface area contributed by atoms with E-state index in [0.717, 1.165) is 19.4 Å². The molecular weight excluding hydrogens is 348 g/mol. The number of rotatable bonds is 5. The highest BCUT2D eigenvalue weighted by molar-refractivity contribution is 5.35. The predicted octanol–water partition coefficient (Wildman–Crippen LogP) is 4.14. The van der Waals surface area contributed by atoms with Gasteiger partial charge in [0.25, 0.3) is 0 Å². The minimum absolute atomic E-state index is 0.000896. The van der Waals surface area contributed by atoms with Crippen LogP contribution in [0.5, 0.6) is 5.75 Å². The van der Waals surface area contributed by atoms with Gasteiger partial charge in [-0.1, -0.05) is 18.9 Å². The fourth-order valence-corrected chi connectivity index (χ4v) is 6.70. The zero-order valence-corrected chi connectivity index (χ0v) is 17.8. The molecule has 28 heavy (non-hydrogen) atoms. The van der Waals surface area contributed by atoms with Crippen molar-refractivity contribution in [2.75, 3.05) is 7.05 Å². The minimum Gasteiger partial charge on any atom is -0.508 e. The molecule has 2 saturated heterocycles. The minimum atomic E-state index is -0.0835. The van der Waals surface area contributed by atoms with E-state index in [1.165, 1.54) is 49.7 Å². The van der Waals surface area contributed by atoms with Gasteiger partial charge in [0.05, 0.1) is 11.2 Å². The van der Waals surface area contributed by atoms with Gasteiger partial charge in [0.1, 0.15) is 5.75 Å². The van der Waals surface area contributed by atoms with Gasteiger partial charge in [0.2, 0.25) is 0 Å². The molecule has 2 aliphatic carbocycles. The molecule has 4 aliphatic rings. The maximum Gasteiger partial charge on any atom is 0.115 e. The lowest BCUT2D eigenvalue weighted by atomic mass is 9.58. The van der Waals surface area contributed by atoms with Crippen molar-refractivity contribution < 1.29 is 9.84 Å². The van der Waals surface area contributed by atoms with Crippen LogP contribution >= 0.6 is 0 Å². The molecule has 2 heterocycles. The average Bonchev–Trinajstić information content (AvgIpc) is 2.63. The van der Waals surface area contributed by atoms with Crippen molar-refractivity contribution in [1.82, 2.24) is 5.32 Å². The molecule has 4 heteroatoms. The lowest BCUT2D eigenvalue weighted by Crippen LogP contribution is -2.66. The SMILES string of the molecule is CNCc1cc(O)ccc1C[C@H]1CCC[C@H]([C@]23CC[C@H]([C@@H](N)C2)C(C)(C)O3)C1. The van der Waals surface area contributed by atoms with Crippen LogP contribution in [0.15, 0.2) is 18.2 Å². The number of nitrogens with one attached hydrogen (secondary N) is 1. The Hall–Kier alpha value is -1.10. The highest BCUT2D eigenvalue weighted by Crippen LogP contribution is 2.55. The molecule has 156 valence electrons. The number of hydrogen-bond donors (Lipinski definition) is 3. The smallest absolute Gasteiger partial charge is 0.115 e. The van der Waals surface area contributed by atoms with Crippen LogP contribution in [0.4, 0.5) is 0 Å². The average molecular weight is 387 g/mol. The molecular formula is C24H38N2O2. The van der Waals surface area contributed by atoms with E-state index in [2.05, 4.69) is 25.2 Å². The third kappa shape index (κ3) is 3.71. The quantitative estimate of drug-likeness (QED) is 0.712. The van der Waals surface area contributed by atoms with Gasteiger partial charge in [-0.2, -0.15) is 0 Å². The lowest BCUT2D eigenvalue weighted by molar-refractivity contribution is -0.268. The number of benzene rings is 1. The zero-order valence-electron chi connectivity index (χ0n) is 17.8. The monoisotopic (exact) mass is 386 g/mol. The van der Waals surface area contributed by atoms with E-state index in [-0.39, 0.29) is 17.2 Å². The molecule has 5 atom stereocenters. The Morgan fingerprint density at radius 3 is 2.75 bits per heavy atom. The van der Waals surface area contributed by atoms with E-state index in [1.807, 2.05) is 19.2 Å². The van der Waals surface area contributed by atoms with Crippen molar-refractivity contribution in [3.8, 4) is 5.75 Å². The van der Waals surface area contributed by atoms with Crippen LogP contribution in [0, 0.1) is 17.8 Å². The molecule has 0 aromatic heterocycles. The highest BCUT2D eigenvalue weighted by Gasteiger charge is 2.57. The van der Waals surface area contributed by atoms with Crippen molar-refractivity contribution in [1.29, 1.82) is 0 Å². The summed E-state index contributed by atoms with van der Waals surface area (Å²) in [5, 5.41) is 13.1. The highest BCUT2D eigenvalue weighted by atomic mass is 16.5. The van der Waals surface area contributed by atoms with E-state index in [0.29, 0.717) is 23.5 Å². The fraction of sp³-hybridized carbons (Fsp3) is 0.750. The van der Waals surface area contributed by atoms with E-state index in [1.54, 1.807) is 0 Å². The lowest BCUT2D eigenvalue weighted by Gasteiger charge is -2.61. The maximum atomic E-state index is 9.87. The number of phenolic OH excluding ortho intramolecular Hbond substituents is 1. The number of ether oxygens (including phenoxy) is 1. The molecule has 4 fully saturated rings. The third-order valence-corrected chi connectivity index (χ3v) is 7.93. The van der Waals surface area contributed by atoms with Crippen molar-refractivity contribution in [3.05, 3.63) is 29.3 Å². The second-order valence-electron chi connectivity index (χ2n) is 10.2. The molecule has 0 unspecified atom stereocenters. The Morgan fingerprint density at radius 2 is 2.04 bits per heavy atom. The Kier molecular flexibility index (Phi) is 5.49. The largest absolute Gasteiger partial charge is 0.508 e. The zero-order chi connectivity index (χ0) is 19.9. The first kappa shape index (κ1) is 20.2. The number of hydrogen-bond acceptors (Lipinski definition) is 4. The van der Waals surface area contributed by atoms with E-state index in [9.17, 15) is 5.11 Å². The summed E-state index contributed by atoms with van der Waals surface area (Å²) in [6.45, 7) is 5.31. The van der Waals surface area contributed by atoms with Gasteiger partial charge >= 0.3 is 0 Å². The first-order valence-electron chi connectivity index (χ1n) is 11.2. The normalized spacial score (nSPS) is 37.1. The van der Waals surface area contributed by atoms with Crippen LogP contribution in [0.3, 0.4) is 0 Å². The summed E-state index contributed by atoms with van der Waals surface area (Å²) >= 11 is 0. The van der Waals surface area contributed by atoms with Crippen LogP contribution in [0.2, 0.25) is 0 Å². The van der Waals surface area contributed by atoms with Crippen molar-refractivity contribution in [2.45, 2.75) is 89.0 Å². The van der Waals surface area contributed by atoms with Gasteiger partial charge in [-0.25, -0.2) is 0 Å². The summed E-state index contributed by atoms with van der Waals surface area (Å²) in [5.74, 6) is 2.19. The van der Waals surface area contributed by atoms with Crippen molar-refractivity contribution >= 4 is 0 Å². The van der Waals surface area contributed by atoms with Crippen LogP contribution < -0.4 is 11.1 Å². The summed E-state index contributed by atoms with van der Waals surface area (Å²) < 4.78 is 6.82. The first-order valence-corrected chi connectivity index (χ1v) is 11.2. The maximum absolute atomic E-state index is 9.87. The molecule has 2 aliphatic heterocycles. The van der Waals surface area contributed by atoms with Crippen LogP contribution in [0.25, 0.3) is 0 Å². The summed E-state index contributed by atoms with van der Waals surface area (Å²) in [7, 11) is 1.96. The van der Waals surface area contributed by atoms with Gasteiger partial charge in [-0.05, 0) is 94.5 Å². The molecule has 0 amide bonds. The summed E-state index contributed by atoms with van der Waals surface area (Å²) in [6.07, 6.45) is 9.67. The standard InChI is InChI=1S/C24H38N2O2/c1-23(2)21-9-10-24(28-23,14-22(21)25)19-6-4-5-16(12-19)11-17-7-8-20(27)13-18(17)15-26-3/h7-8,13,16,19,21-22,26-27H,4-6,9-12,14-15,25H2,1-3H3/t16-,19+,21-,22+,24+/m1/s1. The molecule has 0 radical (unpaired) electrons. The van der Waals surface area contributed by atoms with E-state index >= 15 is 0 Å². The first-order chi connectivity index (χ1) is 13.3. The van der Waals surface area contributed by atoms with Gasteiger partial charge in [0, 0.05) is 18.5 Å². The van der Waals surface area contributed by atoms with Crippen LogP contribution in [0.1, 0.15) is 69.9 Å². The van der Waals surface area contributed by atoms with Gasteiger partial charge in [-0.3, -0.25) is 0 Å². The number of aromatic hydroxyl groups is 1. The van der Waals surface area contributed by atoms with Gasteiger partial charge in [0.15, 0.2) is 0 Å². The Balaban J connectivity index is 1.50. The second-order valence-corrected chi connectivity index (χ2v) is 10.2. The number of phenols is 1. The number of nitrogens with two attached hydrogens (primary N) is 1. The second kappa shape index (κ2) is 7.62. The van der Waals surface area contributed by atoms with Crippen molar-refractivity contribution in [3.63, 3.8) is 0 Å². The van der Waals surface area contributed by atoms with E-state index in [4.69, 9.17) is 10.5 Å². The molecule has 2 saturated carbocycles. The van der Waals surface area contributed by atoms with Crippen LogP contribution in [-0.2, 0) is 17.7 Å². The molecule has 0 spiro atoms. The van der Waals surface area contributed by atoms with E-state index < -0.39 is 0 Å².